The Bertz CT molecular complexity index is 764. The van der Waals surface area contributed by atoms with Gasteiger partial charge >= 0.3 is 0 Å². The largest absolute Gasteiger partial charge is 0.335 e. The number of likely N-dealkylation sites (tertiary alicyclic amines) is 2. The Balaban J connectivity index is 1.76. The molecule has 0 amide bonds. The Kier molecular flexibility index (Phi) is 4.49. The molecular weight excluding hydrogens is 336 g/mol. The molecule has 4 heteroatoms. The van der Waals surface area contributed by atoms with Crippen LogP contribution in [0.15, 0.2) is 60.7 Å². The van der Waals surface area contributed by atoms with Crippen molar-refractivity contribution < 1.29 is 19.4 Å². The topological polar surface area (TPSA) is 43.0 Å². The van der Waals surface area contributed by atoms with Gasteiger partial charge in [0.2, 0.25) is 0 Å². The molecule has 140 valence electrons. The molecule has 2 heterocycles. The van der Waals surface area contributed by atoms with Crippen molar-refractivity contribution in [3.8, 4) is 0 Å². The summed E-state index contributed by atoms with van der Waals surface area (Å²) in [5, 5.41) is 0. The van der Waals surface area contributed by atoms with Gasteiger partial charge in [0.05, 0.1) is 40.3 Å². The van der Waals surface area contributed by atoms with Crippen LogP contribution in [0.4, 0.5) is 0 Å². The molecular formula is C23H28N2O2+2. The highest BCUT2D eigenvalue weighted by Crippen LogP contribution is 2.41. The minimum atomic E-state index is -0.476. The second kappa shape index (κ2) is 6.70. The third-order valence-electron chi connectivity index (χ3n) is 6.27. The molecule has 27 heavy (non-hydrogen) atoms. The Hall–Kier alpha value is -2.30. The number of Topliss-reactive ketones (excluding diaryl/α,β-unsaturated/α-hetero) is 2. The van der Waals surface area contributed by atoms with Crippen molar-refractivity contribution >= 4 is 11.6 Å². The number of hydrogen-bond donors (Lipinski definition) is 2. The minimum absolute atomic E-state index is 0.200. The number of carbonyl (C=O) groups is 2. The van der Waals surface area contributed by atoms with E-state index in [1.165, 1.54) is 9.80 Å². The lowest BCUT2D eigenvalue weighted by molar-refractivity contribution is -0.950. The quantitative estimate of drug-likeness (QED) is 0.760. The zero-order valence-electron chi connectivity index (χ0n) is 16.1. The Morgan fingerprint density at radius 2 is 1.00 bits per heavy atom. The third kappa shape index (κ3) is 3.13. The summed E-state index contributed by atoms with van der Waals surface area (Å²) < 4.78 is 0. The lowest BCUT2D eigenvalue weighted by Crippen LogP contribution is -3.22. The number of ketones is 2. The summed E-state index contributed by atoms with van der Waals surface area (Å²) >= 11 is 0. The van der Waals surface area contributed by atoms with Crippen LogP contribution in [0.5, 0.6) is 0 Å². The van der Waals surface area contributed by atoms with E-state index in [1.54, 1.807) is 0 Å². The number of piperidine rings is 2. The zero-order valence-corrected chi connectivity index (χ0v) is 16.1. The van der Waals surface area contributed by atoms with Crippen LogP contribution in [0.2, 0.25) is 0 Å². The first kappa shape index (κ1) is 18.1. The molecule has 4 rings (SSSR count). The molecule has 0 saturated carbocycles. The lowest BCUT2D eigenvalue weighted by Gasteiger charge is -2.51. The van der Waals surface area contributed by atoms with Crippen LogP contribution >= 0.6 is 0 Å². The van der Waals surface area contributed by atoms with E-state index in [-0.39, 0.29) is 11.6 Å². The van der Waals surface area contributed by atoms with Crippen LogP contribution in [-0.2, 0) is 0 Å². The Labute approximate surface area is 160 Å². The first-order valence-corrected chi connectivity index (χ1v) is 9.77. The maximum Gasteiger partial charge on any atom is 0.180 e. The molecule has 2 fully saturated rings. The van der Waals surface area contributed by atoms with Crippen LogP contribution in [0.3, 0.4) is 0 Å². The van der Waals surface area contributed by atoms with Crippen LogP contribution in [0.1, 0.15) is 27.1 Å². The highest BCUT2D eigenvalue weighted by molar-refractivity contribution is 6.04. The van der Waals surface area contributed by atoms with Crippen molar-refractivity contribution in [3.05, 3.63) is 71.8 Å². The van der Waals surface area contributed by atoms with E-state index in [0.717, 1.165) is 37.3 Å². The second-order valence-electron chi connectivity index (χ2n) is 8.75. The maximum absolute atomic E-state index is 13.6. The molecule has 0 unspecified atom stereocenters. The fourth-order valence-electron chi connectivity index (χ4n) is 5.73. The highest BCUT2D eigenvalue weighted by Gasteiger charge is 2.63. The van der Waals surface area contributed by atoms with Gasteiger partial charge in [-0.1, -0.05) is 60.7 Å². The van der Waals surface area contributed by atoms with Crippen molar-refractivity contribution in [2.24, 2.45) is 10.8 Å². The molecule has 2 aliphatic heterocycles. The monoisotopic (exact) mass is 364 g/mol. The molecule has 0 radical (unpaired) electrons. The summed E-state index contributed by atoms with van der Waals surface area (Å²) in [6, 6.07) is 19.2. The van der Waals surface area contributed by atoms with Gasteiger partial charge in [-0.3, -0.25) is 9.59 Å². The summed E-state index contributed by atoms with van der Waals surface area (Å²) in [6.45, 7) is 3.17. The summed E-state index contributed by atoms with van der Waals surface area (Å²) in [6.07, 6.45) is 0.663. The minimum Gasteiger partial charge on any atom is -0.335 e. The number of rotatable bonds is 4. The van der Waals surface area contributed by atoms with E-state index < -0.39 is 10.8 Å². The lowest BCUT2D eigenvalue weighted by atomic mass is 9.59. The molecule has 2 aliphatic rings. The van der Waals surface area contributed by atoms with Crippen molar-refractivity contribution in [2.45, 2.75) is 6.42 Å². The first-order chi connectivity index (χ1) is 12.9. The molecule has 0 spiro atoms. The summed E-state index contributed by atoms with van der Waals surface area (Å²) in [4.78, 5) is 29.7. The molecule has 0 aromatic heterocycles. The van der Waals surface area contributed by atoms with E-state index in [4.69, 9.17) is 0 Å². The molecule has 0 aliphatic carbocycles. The van der Waals surface area contributed by atoms with Crippen LogP contribution in [-0.4, -0.2) is 51.8 Å². The number of carbonyl (C=O) groups excluding carboxylic acids is 2. The van der Waals surface area contributed by atoms with Crippen LogP contribution in [0, 0.1) is 10.8 Å². The molecule has 2 N–H and O–H groups in total. The Morgan fingerprint density at radius 3 is 1.33 bits per heavy atom. The van der Waals surface area contributed by atoms with Crippen LogP contribution < -0.4 is 9.80 Å². The van der Waals surface area contributed by atoms with E-state index >= 15 is 0 Å². The van der Waals surface area contributed by atoms with E-state index in [0.29, 0.717) is 6.42 Å². The first-order valence-electron chi connectivity index (χ1n) is 9.77. The van der Waals surface area contributed by atoms with Crippen LogP contribution in [0.25, 0.3) is 0 Å². The van der Waals surface area contributed by atoms with Crippen molar-refractivity contribution in [1.82, 2.24) is 0 Å². The molecule has 2 aromatic carbocycles. The summed E-state index contributed by atoms with van der Waals surface area (Å²) in [5.74, 6) is 0.401. The van der Waals surface area contributed by atoms with Gasteiger partial charge in [0.25, 0.3) is 0 Å². The number of quaternary nitrogens is 2. The number of fused-ring (bicyclic) bond motifs is 2. The molecule has 2 aromatic rings. The molecule has 2 saturated heterocycles. The van der Waals surface area contributed by atoms with Gasteiger partial charge in [0, 0.05) is 11.1 Å². The van der Waals surface area contributed by atoms with E-state index in [1.807, 2.05) is 60.7 Å². The predicted octanol–water partition coefficient (Wildman–Crippen LogP) is 0.172. The van der Waals surface area contributed by atoms with E-state index in [9.17, 15) is 9.59 Å². The van der Waals surface area contributed by atoms with Crippen molar-refractivity contribution in [1.29, 1.82) is 0 Å². The molecule has 2 bridgehead atoms. The van der Waals surface area contributed by atoms with Gasteiger partial charge in [-0.05, 0) is 6.42 Å². The van der Waals surface area contributed by atoms with Gasteiger partial charge in [0.1, 0.15) is 10.8 Å². The highest BCUT2D eigenvalue weighted by atomic mass is 16.1. The van der Waals surface area contributed by atoms with E-state index in [2.05, 4.69) is 14.1 Å². The molecule has 4 nitrogen and oxygen atoms in total. The van der Waals surface area contributed by atoms with Gasteiger partial charge in [-0.15, -0.1) is 0 Å². The fourth-order valence-corrected chi connectivity index (χ4v) is 5.73. The van der Waals surface area contributed by atoms with Crippen molar-refractivity contribution in [3.63, 3.8) is 0 Å². The fraction of sp³-hybridized carbons (Fsp3) is 0.391. The normalized spacial score (nSPS) is 32.7. The second-order valence-corrected chi connectivity index (χ2v) is 8.75. The molecule has 0 atom stereocenters. The number of benzene rings is 2. The number of nitrogens with one attached hydrogen (secondary N) is 2. The maximum atomic E-state index is 13.6. The Morgan fingerprint density at radius 1 is 0.667 bits per heavy atom. The van der Waals surface area contributed by atoms with Gasteiger partial charge in [0.15, 0.2) is 11.6 Å². The standard InChI is InChI=1S/C23H26N2O2/c1-24-14-22(20(26)18-9-5-3-6-10-18)13-23(15-24,17-25(2)16-22)21(27)19-11-7-4-8-12-19/h3-12H,13-17H2,1-2H3/p+2. The predicted molar refractivity (Wildman–Crippen MR) is 104 cm³/mol. The van der Waals surface area contributed by atoms with Gasteiger partial charge in [-0.2, -0.15) is 0 Å². The smallest absolute Gasteiger partial charge is 0.180 e. The average molecular weight is 364 g/mol. The summed E-state index contributed by atoms with van der Waals surface area (Å²) in [7, 11) is 4.25. The zero-order chi connectivity index (χ0) is 19.1. The van der Waals surface area contributed by atoms with Gasteiger partial charge in [-0.25, -0.2) is 0 Å². The summed E-state index contributed by atoms with van der Waals surface area (Å²) in [5.41, 5.74) is 0.582. The van der Waals surface area contributed by atoms with Gasteiger partial charge < -0.3 is 9.80 Å². The SMILES string of the molecule is C[NH+]1CC2(C(=O)c3ccccc3)C[NH+](C)CC(C(=O)c3ccccc3)(C1)C2. The average Bonchev–Trinajstić information content (AvgIpc) is 2.67. The third-order valence-corrected chi connectivity index (χ3v) is 6.27. The number of hydrogen-bond acceptors (Lipinski definition) is 2. The van der Waals surface area contributed by atoms with Crippen molar-refractivity contribution in [2.75, 3.05) is 40.3 Å².